The molecule has 0 fully saturated rings. The second kappa shape index (κ2) is 4.78. The third-order valence-electron chi connectivity index (χ3n) is 3.47. The molecule has 1 amide bonds. The van der Waals surface area contributed by atoms with E-state index in [-0.39, 0.29) is 5.91 Å². The first kappa shape index (κ1) is 12.4. The van der Waals surface area contributed by atoms with Gasteiger partial charge in [0.2, 0.25) is 0 Å². The predicted molar refractivity (Wildman–Crippen MR) is 78.0 cm³/mol. The van der Waals surface area contributed by atoms with Gasteiger partial charge in [-0.25, -0.2) is 4.98 Å². The van der Waals surface area contributed by atoms with Crippen LogP contribution >= 0.6 is 11.3 Å². The Morgan fingerprint density at radius 1 is 1.26 bits per heavy atom. The number of nitrogens with one attached hydrogen (secondary N) is 1. The Morgan fingerprint density at radius 3 is 2.79 bits per heavy atom. The number of nitrogens with zero attached hydrogens (tertiary/aromatic N) is 1. The number of carbonyl (C=O) groups excluding carboxylic acids is 1. The highest BCUT2D eigenvalue weighted by Crippen LogP contribution is 2.26. The van der Waals surface area contributed by atoms with Gasteiger partial charge in [-0.15, -0.1) is 11.3 Å². The Balaban J connectivity index is 1.81. The third kappa shape index (κ3) is 2.40. The van der Waals surface area contributed by atoms with Crippen LogP contribution in [0.5, 0.6) is 0 Å². The lowest BCUT2D eigenvalue weighted by molar-refractivity contribution is 0.103. The average Bonchev–Trinajstić information content (AvgIpc) is 2.94. The molecule has 0 unspecified atom stereocenters. The molecule has 19 heavy (non-hydrogen) atoms. The first-order chi connectivity index (χ1) is 9.13. The van der Waals surface area contributed by atoms with Gasteiger partial charge in [0.25, 0.3) is 5.91 Å². The van der Waals surface area contributed by atoms with Crippen LogP contribution in [0.2, 0.25) is 0 Å². The maximum atomic E-state index is 12.2. The van der Waals surface area contributed by atoms with Crippen molar-refractivity contribution in [1.82, 2.24) is 4.98 Å². The minimum absolute atomic E-state index is 0.0546. The molecule has 1 aromatic carbocycles. The number of aryl methyl sites for hydroxylation is 4. The van der Waals surface area contributed by atoms with Gasteiger partial charge in [0.15, 0.2) is 0 Å². The van der Waals surface area contributed by atoms with Crippen molar-refractivity contribution in [2.24, 2.45) is 0 Å². The Kier molecular flexibility index (Phi) is 3.11. The van der Waals surface area contributed by atoms with Crippen LogP contribution in [0.1, 0.15) is 37.9 Å². The molecule has 1 aliphatic rings. The summed E-state index contributed by atoms with van der Waals surface area (Å²) in [6.45, 7) is 3.80. The van der Waals surface area contributed by atoms with Crippen LogP contribution in [0, 0.1) is 13.8 Å². The fourth-order valence-electron chi connectivity index (χ4n) is 2.58. The van der Waals surface area contributed by atoms with Gasteiger partial charge in [0, 0.05) is 5.69 Å². The predicted octanol–water partition coefficient (Wildman–Crippen LogP) is 3.50. The van der Waals surface area contributed by atoms with Crippen LogP contribution in [-0.2, 0) is 12.8 Å². The van der Waals surface area contributed by atoms with Crippen molar-refractivity contribution in [3.8, 4) is 0 Å². The van der Waals surface area contributed by atoms with Crippen LogP contribution in [-0.4, -0.2) is 10.9 Å². The molecule has 0 saturated heterocycles. The fourth-order valence-corrected chi connectivity index (χ4v) is 3.39. The topological polar surface area (TPSA) is 42.0 Å². The number of aromatic nitrogens is 1. The van der Waals surface area contributed by atoms with E-state index in [0.29, 0.717) is 4.88 Å². The lowest BCUT2D eigenvalue weighted by atomic mass is 10.1. The van der Waals surface area contributed by atoms with Crippen molar-refractivity contribution in [3.05, 3.63) is 44.9 Å². The fraction of sp³-hybridized carbons (Fsp3) is 0.333. The maximum Gasteiger partial charge on any atom is 0.267 e. The average molecular weight is 272 g/mol. The largest absolute Gasteiger partial charge is 0.321 e. The summed E-state index contributed by atoms with van der Waals surface area (Å²) in [4.78, 5) is 17.2. The van der Waals surface area contributed by atoms with Gasteiger partial charge in [-0.05, 0) is 56.4 Å². The van der Waals surface area contributed by atoms with Crippen molar-refractivity contribution < 1.29 is 4.79 Å². The molecule has 0 bridgehead atoms. The molecular formula is C15H16N2OS. The molecule has 1 aliphatic carbocycles. The summed E-state index contributed by atoms with van der Waals surface area (Å²) in [5.74, 6) is -0.0546. The quantitative estimate of drug-likeness (QED) is 0.909. The van der Waals surface area contributed by atoms with Crippen LogP contribution < -0.4 is 5.32 Å². The zero-order valence-electron chi connectivity index (χ0n) is 11.1. The van der Waals surface area contributed by atoms with E-state index in [0.717, 1.165) is 29.2 Å². The number of carbonyl (C=O) groups is 1. The number of fused-ring (bicyclic) bond motifs is 1. The number of benzene rings is 1. The lowest BCUT2D eigenvalue weighted by Gasteiger charge is -2.06. The molecule has 98 valence electrons. The molecule has 1 heterocycles. The van der Waals surface area contributed by atoms with Gasteiger partial charge in [-0.2, -0.15) is 0 Å². The summed E-state index contributed by atoms with van der Waals surface area (Å²) in [5, 5.41) is 3.90. The summed E-state index contributed by atoms with van der Waals surface area (Å²) >= 11 is 1.44. The molecule has 0 radical (unpaired) electrons. The third-order valence-corrected chi connectivity index (χ3v) is 4.54. The first-order valence-electron chi connectivity index (χ1n) is 6.50. The molecule has 4 heteroatoms. The Labute approximate surface area is 116 Å². The van der Waals surface area contributed by atoms with Gasteiger partial charge in [-0.1, -0.05) is 6.07 Å². The molecule has 0 spiro atoms. The van der Waals surface area contributed by atoms with E-state index < -0.39 is 0 Å². The van der Waals surface area contributed by atoms with E-state index in [4.69, 9.17) is 0 Å². The van der Waals surface area contributed by atoms with Gasteiger partial charge in [-0.3, -0.25) is 4.79 Å². The number of anilines is 1. The smallest absolute Gasteiger partial charge is 0.267 e. The number of hydrogen-bond donors (Lipinski definition) is 1. The van der Waals surface area contributed by atoms with Crippen molar-refractivity contribution in [3.63, 3.8) is 0 Å². The SMILES string of the molecule is Cc1nc(C)c(C(=O)Nc2ccc3c(c2)CCC3)s1. The first-order valence-corrected chi connectivity index (χ1v) is 7.32. The number of hydrogen-bond acceptors (Lipinski definition) is 3. The van der Waals surface area contributed by atoms with Gasteiger partial charge < -0.3 is 5.32 Å². The second-order valence-electron chi connectivity index (χ2n) is 4.94. The number of amides is 1. The zero-order valence-corrected chi connectivity index (χ0v) is 11.9. The summed E-state index contributed by atoms with van der Waals surface area (Å²) in [6, 6.07) is 6.22. The van der Waals surface area contributed by atoms with Crippen molar-refractivity contribution in [2.45, 2.75) is 33.1 Å². The standard InChI is InChI=1S/C15H16N2OS/c1-9-14(19-10(2)16-9)15(18)17-13-7-6-11-4-3-5-12(11)8-13/h6-8H,3-5H2,1-2H3,(H,17,18). The Morgan fingerprint density at radius 2 is 2.05 bits per heavy atom. The highest BCUT2D eigenvalue weighted by Gasteiger charge is 2.15. The van der Waals surface area contributed by atoms with Gasteiger partial charge in [0.05, 0.1) is 10.7 Å². The van der Waals surface area contributed by atoms with Crippen molar-refractivity contribution in [1.29, 1.82) is 0 Å². The Hall–Kier alpha value is -1.68. The monoisotopic (exact) mass is 272 g/mol. The van der Waals surface area contributed by atoms with E-state index in [2.05, 4.69) is 22.4 Å². The number of thiazole rings is 1. The van der Waals surface area contributed by atoms with E-state index in [1.807, 2.05) is 19.9 Å². The highest BCUT2D eigenvalue weighted by atomic mass is 32.1. The summed E-state index contributed by atoms with van der Waals surface area (Å²) in [5.41, 5.74) is 4.48. The molecule has 2 aromatic rings. The molecule has 3 rings (SSSR count). The Bertz CT molecular complexity index is 646. The van der Waals surface area contributed by atoms with Crippen LogP contribution in [0.25, 0.3) is 0 Å². The minimum Gasteiger partial charge on any atom is -0.321 e. The normalized spacial score (nSPS) is 13.4. The van der Waals surface area contributed by atoms with E-state index >= 15 is 0 Å². The highest BCUT2D eigenvalue weighted by molar-refractivity contribution is 7.13. The molecule has 0 saturated carbocycles. The molecule has 0 atom stereocenters. The van der Waals surface area contributed by atoms with Crippen LogP contribution in [0.15, 0.2) is 18.2 Å². The van der Waals surface area contributed by atoms with Gasteiger partial charge in [0.1, 0.15) is 4.88 Å². The van der Waals surface area contributed by atoms with E-state index in [1.165, 1.54) is 28.9 Å². The number of rotatable bonds is 2. The van der Waals surface area contributed by atoms with Crippen molar-refractivity contribution in [2.75, 3.05) is 5.32 Å². The van der Waals surface area contributed by atoms with Crippen LogP contribution in [0.4, 0.5) is 5.69 Å². The molecule has 3 nitrogen and oxygen atoms in total. The van der Waals surface area contributed by atoms with Crippen LogP contribution in [0.3, 0.4) is 0 Å². The molecular weight excluding hydrogens is 256 g/mol. The molecule has 1 aromatic heterocycles. The zero-order chi connectivity index (χ0) is 13.4. The lowest BCUT2D eigenvalue weighted by Crippen LogP contribution is -2.11. The van der Waals surface area contributed by atoms with Gasteiger partial charge >= 0.3 is 0 Å². The molecule has 1 N–H and O–H groups in total. The summed E-state index contributed by atoms with van der Waals surface area (Å²) in [7, 11) is 0. The second-order valence-corrected chi connectivity index (χ2v) is 6.14. The maximum absolute atomic E-state index is 12.2. The van der Waals surface area contributed by atoms with Crippen molar-refractivity contribution >= 4 is 22.9 Å². The minimum atomic E-state index is -0.0546. The van der Waals surface area contributed by atoms with E-state index in [9.17, 15) is 4.79 Å². The van der Waals surface area contributed by atoms with E-state index in [1.54, 1.807) is 0 Å². The summed E-state index contributed by atoms with van der Waals surface area (Å²) < 4.78 is 0. The summed E-state index contributed by atoms with van der Waals surface area (Å²) in [6.07, 6.45) is 3.51. The molecule has 0 aliphatic heterocycles.